The zero-order chi connectivity index (χ0) is 11.9. The summed E-state index contributed by atoms with van der Waals surface area (Å²) in [4.78, 5) is 0. The van der Waals surface area contributed by atoms with Gasteiger partial charge in [-0.15, -0.1) is 0 Å². The summed E-state index contributed by atoms with van der Waals surface area (Å²) < 4.78 is 11.3. The van der Waals surface area contributed by atoms with Crippen molar-refractivity contribution in [2.24, 2.45) is 0 Å². The smallest absolute Gasteiger partial charge is 0.158 e. The molecule has 2 rings (SSSR count). The lowest BCUT2D eigenvalue weighted by atomic mass is 10.1. The van der Waals surface area contributed by atoms with E-state index in [-0.39, 0.29) is 19.0 Å². The zero-order valence-corrected chi connectivity index (χ0v) is 10.0. The molecular formula is C14H20O3. The number of hydrogen-bond donors (Lipinski definition) is 1. The van der Waals surface area contributed by atoms with E-state index in [0.29, 0.717) is 0 Å². The summed E-state index contributed by atoms with van der Waals surface area (Å²) in [7, 11) is 0. The summed E-state index contributed by atoms with van der Waals surface area (Å²) in [6, 6.07) is 10.1. The first-order chi connectivity index (χ1) is 8.38. The van der Waals surface area contributed by atoms with E-state index >= 15 is 0 Å². The molecule has 0 bridgehead atoms. The molecule has 0 saturated carbocycles. The first kappa shape index (κ1) is 12.6. The Morgan fingerprint density at radius 2 is 2.12 bits per heavy atom. The van der Waals surface area contributed by atoms with Gasteiger partial charge in [0.2, 0.25) is 0 Å². The maximum atomic E-state index is 9.34. The van der Waals surface area contributed by atoms with Gasteiger partial charge in [0.1, 0.15) is 0 Å². The average molecular weight is 236 g/mol. The maximum Gasteiger partial charge on any atom is 0.158 e. The summed E-state index contributed by atoms with van der Waals surface area (Å²) in [5, 5.41) is 9.34. The number of ether oxygens (including phenoxy) is 2. The second-order valence-corrected chi connectivity index (χ2v) is 4.43. The summed E-state index contributed by atoms with van der Waals surface area (Å²) >= 11 is 0. The Hall–Kier alpha value is -0.900. The first-order valence-electron chi connectivity index (χ1n) is 6.30. The van der Waals surface area contributed by atoms with Crippen LogP contribution in [0.5, 0.6) is 0 Å². The lowest BCUT2D eigenvalue weighted by molar-refractivity contribution is -0.194. The largest absolute Gasteiger partial charge is 0.394 e. The van der Waals surface area contributed by atoms with Crippen LogP contribution in [0.15, 0.2) is 30.3 Å². The fourth-order valence-electron chi connectivity index (χ4n) is 2.07. The van der Waals surface area contributed by atoms with E-state index in [1.807, 2.05) is 30.3 Å². The lowest BCUT2D eigenvalue weighted by Crippen LogP contribution is -2.31. The molecule has 0 radical (unpaired) electrons. The van der Waals surface area contributed by atoms with Gasteiger partial charge in [-0.1, -0.05) is 30.3 Å². The first-order valence-corrected chi connectivity index (χ1v) is 6.30. The van der Waals surface area contributed by atoms with Crippen molar-refractivity contribution in [1.82, 2.24) is 0 Å². The van der Waals surface area contributed by atoms with E-state index in [4.69, 9.17) is 9.47 Å². The van der Waals surface area contributed by atoms with E-state index < -0.39 is 0 Å². The Kier molecular flexibility index (Phi) is 4.98. The van der Waals surface area contributed by atoms with Crippen molar-refractivity contribution in [3.63, 3.8) is 0 Å². The van der Waals surface area contributed by atoms with Crippen LogP contribution in [0.3, 0.4) is 0 Å². The molecule has 1 fully saturated rings. The molecule has 1 heterocycles. The lowest BCUT2D eigenvalue weighted by Gasteiger charge is -2.27. The molecule has 3 heteroatoms. The zero-order valence-electron chi connectivity index (χ0n) is 10.0. The summed E-state index contributed by atoms with van der Waals surface area (Å²) in [5.74, 6) is 0. The fraction of sp³-hybridized carbons (Fsp3) is 0.571. The van der Waals surface area contributed by atoms with Crippen LogP contribution in [0.25, 0.3) is 0 Å². The van der Waals surface area contributed by atoms with Crippen molar-refractivity contribution in [1.29, 1.82) is 0 Å². The van der Waals surface area contributed by atoms with Crippen LogP contribution in [-0.4, -0.2) is 30.7 Å². The number of rotatable bonds is 5. The van der Waals surface area contributed by atoms with Crippen molar-refractivity contribution in [3.05, 3.63) is 35.9 Å². The van der Waals surface area contributed by atoms with Gasteiger partial charge in [-0.3, -0.25) is 0 Å². The molecule has 1 aliphatic heterocycles. The highest BCUT2D eigenvalue weighted by atomic mass is 16.7. The average Bonchev–Trinajstić information content (AvgIpc) is 2.40. The summed E-state index contributed by atoms with van der Waals surface area (Å²) in [6.07, 6.45) is 3.63. The molecule has 94 valence electrons. The molecule has 2 unspecified atom stereocenters. The van der Waals surface area contributed by atoms with Crippen molar-refractivity contribution < 1.29 is 14.6 Å². The third-order valence-electron chi connectivity index (χ3n) is 2.99. The van der Waals surface area contributed by atoms with E-state index in [1.165, 1.54) is 5.56 Å². The van der Waals surface area contributed by atoms with Gasteiger partial charge in [0.15, 0.2) is 6.29 Å². The van der Waals surface area contributed by atoms with Crippen LogP contribution in [0.2, 0.25) is 0 Å². The highest BCUT2D eigenvalue weighted by molar-refractivity contribution is 5.15. The molecule has 1 N–H and O–H groups in total. The van der Waals surface area contributed by atoms with Gasteiger partial charge >= 0.3 is 0 Å². The number of aliphatic hydroxyl groups excluding tert-OH is 1. The molecule has 3 nitrogen and oxygen atoms in total. The normalized spacial score (nSPS) is 22.3. The fourth-order valence-corrected chi connectivity index (χ4v) is 2.07. The van der Waals surface area contributed by atoms with Gasteiger partial charge in [-0.2, -0.15) is 0 Å². The molecular weight excluding hydrogens is 216 g/mol. The summed E-state index contributed by atoms with van der Waals surface area (Å²) in [5.41, 5.74) is 1.18. The van der Waals surface area contributed by atoms with Crippen LogP contribution >= 0.6 is 0 Å². The van der Waals surface area contributed by atoms with E-state index in [9.17, 15) is 5.11 Å². The summed E-state index contributed by atoms with van der Waals surface area (Å²) in [6.45, 7) is 0.808. The molecule has 17 heavy (non-hydrogen) atoms. The van der Waals surface area contributed by atoms with Gasteiger partial charge in [-0.25, -0.2) is 0 Å². The highest BCUT2D eigenvalue weighted by Gasteiger charge is 2.19. The monoisotopic (exact) mass is 236 g/mol. The minimum absolute atomic E-state index is 0.0365. The number of benzene rings is 1. The minimum Gasteiger partial charge on any atom is -0.394 e. The third kappa shape index (κ3) is 4.11. The molecule has 0 aromatic heterocycles. The number of aliphatic hydroxyl groups is 1. The topological polar surface area (TPSA) is 38.7 Å². The second-order valence-electron chi connectivity index (χ2n) is 4.43. The quantitative estimate of drug-likeness (QED) is 0.851. The van der Waals surface area contributed by atoms with Gasteiger partial charge in [0.05, 0.1) is 12.7 Å². The Bertz CT molecular complexity index is 307. The van der Waals surface area contributed by atoms with Crippen LogP contribution in [0, 0.1) is 0 Å². The molecule has 1 saturated heterocycles. The van der Waals surface area contributed by atoms with Gasteiger partial charge in [-0.05, 0) is 24.8 Å². The van der Waals surface area contributed by atoms with Crippen molar-refractivity contribution in [2.45, 2.75) is 38.1 Å². The Labute approximate surface area is 102 Å². The van der Waals surface area contributed by atoms with Gasteiger partial charge < -0.3 is 14.6 Å². The predicted molar refractivity (Wildman–Crippen MR) is 65.7 cm³/mol. The Balaban J connectivity index is 1.83. The number of hydrogen-bond acceptors (Lipinski definition) is 3. The van der Waals surface area contributed by atoms with Crippen molar-refractivity contribution in [2.75, 3.05) is 13.2 Å². The molecule has 0 amide bonds. The second kappa shape index (κ2) is 6.74. The highest BCUT2D eigenvalue weighted by Crippen LogP contribution is 2.17. The third-order valence-corrected chi connectivity index (χ3v) is 2.99. The van der Waals surface area contributed by atoms with Crippen LogP contribution in [0.4, 0.5) is 0 Å². The van der Waals surface area contributed by atoms with E-state index in [2.05, 4.69) is 0 Å². The van der Waals surface area contributed by atoms with Crippen LogP contribution in [-0.2, 0) is 15.9 Å². The van der Waals surface area contributed by atoms with E-state index in [0.717, 1.165) is 32.3 Å². The SMILES string of the molecule is OCC(Cc1ccccc1)OC1CCCCO1. The standard InChI is InChI=1S/C14H20O3/c15-11-13(10-12-6-2-1-3-7-12)17-14-8-4-5-9-16-14/h1-3,6-7,13-15H,4-5,8-11H2. The van der Waals surface area contributed by atoms with E-state index in [1.54, 1.807) is 0 Å². The minimum atomic E-state index is -0.166. The van der Waals surface area contributed by atoms with Crippen LogP contribution < -0.4 is 0 Å². The molecule has 0 aliphatic carbocycles. The Morgan fingerprint density at radius 3 is 2.76 bits per heavy atom. The maximum absolute atomic E-state index is 9.34. The van der Waals surface area contributed by atoms with Crippen molar-refractivity contribution >= 4 is 0 Å². The molecule has 2 atom stereocenters. The Morgan fingerprint density at radius 1 is 1.29 bits per heavy atom. The molecule has 1 aliphatic rings. The molecule has 1 aromatic rings. The van der Waals surface area contributed by atoms with Gasteiger partial charge in [0.25, 0.3) is 0 Å². The molecule has 0 spiro atoms. The predicted octanol–water partition coefficient (Wildman–Crippen LogP) is 2.13. The van der Waals surface area contributed by atoms with Crippen LogP contribution in [0.1, 0.15) is 24.8 Å². The molecule has 1 aromatic carbocycles. The van der Waals surface area contributed by atoms with Crippen molar-refractivity contribution in [3.8, 4) is 0 Å². The van der Waals surface area contributed by atoms with Gasteiger partial charge in [0, 0.05) is 13.0 Å².